The minimum Gasteiger partial charge on any atom is -0.497 e. The molecule has 5 nitrogen and oxygen atoms in total. The Labute approximate surface area is 155 Å². The number of carbonyl (C=O) groups is 1. The number of rotatable bonds is 5. The van der Waals surface area contributed by atoms with Gasteiger partial charge in [-0.05, 0) is 36.8 Å². The summed E-state index contributed by atoms with van der Waals surface area (Å²) in [6.45, 7) is 6.93. The fourth-order valence-corrected chi connectivity index (χ4v) is 3.30. The average molecular weight is 353 g/mol. The van der Waals surface area contributed by atoms with Gasteiger partial charge < -0.3 is 9.64 Å². The lowest BCUT2D eigenvalue weighted by atomic mass is 10.2. The lowest BCUT2D eigenvalue weighted by Gasteiger charge is -2.37. The molecule has 0 unspecified atom stereocenters. The van der Waals surface area contributed by atoms with Gasteiger partial charge in [-0.3, -0.25) is 9.80 Å². The molecule has 2 amide bonds. The molecule has 138 valence electrons. The topological polar surface area (TPSA) is 36.0 Å². The molecule has 0 aromatic heterocycles. The Hall–Kier alpha value is -2.53. The molecular weight excluding hydrogens is 326 g/mol. The number of benzene rings is 2. The number of urea groups is 1. The lowest BCUT2D eigenvalue weighted by Crippen LogP contribution is -2.52. The van der Waals surface area contributed by atoms with E-state index in [0.717, 1.165) is 44.2 Å². The normalized spacial score (nSPS) is 14.9. The predicted molar refractivity (Wildman–Crippen MR) is 105 cm³/mol. The molecule has 0 atom stereocenters. The molecular formula is C21H27N3O2. The Morgan fingerprint density at radius 3 is 2.23 bits per heavy atom. The Bertz CT molecular complexity index is 695. The molecule has 0 bridgehead atoms. The van der Waals surface area contributed by atoms with Crippen molar-refractivity contribution in [3.05, 3.63) is 60.2 Å². The van der Waals surface area contributed by atoms with Gasteiger partial charge in [-0.1, -0.05) is 30.3 Å². The van der Waals surface area contributed by atoms with Crippen LogP contribution < -0.4 is 9.64 Å². The van der Waals surface area contributed by atoms with Crippen molar-refractivity contribution in [2.24, 2.45) is 0 Å². The second-order valence-corrected chi connectivity index (χ2v) is 6.47. The summed E-state index contributed by atoms with van der Waals surface area (Å²) in [7, 11) is 1.65. The zero-order chi connectivity index (χ0) is 18.4. The maximum absolute atomic E-state index is 13.0. The number of carbonyl (C=O) groups excluding carboxylic acids is 1. The van der Waals surface area contributed by atoms with E-state index >= 15 is 0 Å². The Balaban J connectivity index is 1.57. The van der Waals surface area contributed by atoms with E-state index in [2.05, 4.69) is 29.2 Å². The van der Waals surface area contributed by atoms with E-state index in [9.17, 15) is 4.79 Å². The first-order chi connectivity index (χ1) is 12.7. The van der Waals surface area contributed by atoms with Gasteiger partial charge in [0.2, 0.25) is 0 Å². The first-order valence-electron chi connectivity index (χ1n) is 9.18. The molecule has 0 N–H and O–H groups in total. The van der Waals surface area contributed by atoms with E-state index < -0.39 is 0 Å². The monoisotopic (exact) mass is 353 g/mol. The molecule has 5 heteroatoms. The zero-order valence-corrected chi connectivity index (χ0v) is 15.6. The molecule has 0 saturated carbocycles. The van der Waals surface area contributed by atoms with Crippen molar-refractivity contribution in [1.82, 2.24) is 9.80 Å². The molecule has 1 aliphatic rings. The number of anilines is 1. The van der Waals surface area contributed by atoms with Crippen LogP contribution in [0.4, 0.5) is 10.5 Å². The van der Waals surface area contributed by atoms with E-state index in [1.165, 1.54) is 5.56 Å². The minimum atomic E-state index is 0.0806. The highest BCUT2D eigenvalue weighted by molar-refractivity contribution is 5.92. The maximum atomic E-state index is 13.0. The van der Waals surface area contributed by atoms with E-state index in [1.54, 1.807) is 7.11 Å². The highest BCUT2D eigenvalue weighted by Crippen LogP contribution is 2.21. The van der Waals surface area contributed by atoms with Crippen LogP contribution in [0.2, 0.25) is 0 Å². The van der Waals surface area contributed by atoms with Crippen LogP contribution >= 0.6 is 0 Å². The molecule has 0 spiro atoms. The third-order valence-electron chi connectivity index (χ3n) is 4.82. The second kappa shape index (κ2) is 8.72. The van der Waals surface area contributed by atoms with E-state index in [0.29, 0.717) is 6.54 Å². The highest BCUT2D eigenvalue weighted by atomic mass is 16.5. The van der Waals surface area contributed by atoms with E-state index in [1.807, 2.05) is 47.1 Å². The molecule has 26 heavy (non-hydrogen) atoms. The standard InChI is InChI=1S/C21H27N3O2/c1-3-24(19-9-11-20(26-2)12-10-19)21(25)23-15-13-22(14-16-23)17-18-7-5-4-6-8-18/h4-12H,3,13-17H2,1-2H3. The van der Waals surface area contributed by atoms with E-state index in [4.69, 9.17) is 4.74 Å². The number of hydrogen-bond acceptors (Lipinski definition) is 3. The van der Waals surface area contributed by atoms with Crippen molar-refractivity contribution in [2.45, 2.75) is 13.5 Å². The zero-order valence-electron chi connectivity index (χ0n) is 15.6. The van der Waals surface area contributed by atoms with Crippen molar-refractivity contribution in [2.75, 3.05) is 44.7 Å². The molecule has 2 aromatic carbocycles. The Morgan fingerprint density at radius 2 is 1.65 bits per heavy atom. The molecule has 0 radical (unpaired) electrons. The SMILES string of the molecule is CCN(C(=O)N1CCN(Cc2ccccc2)CC1)c1ccc(OC)cc1. The number of methoxy groups -OCH3 is 1. The number of piperazine rings is 1. The van der Waals surface area contributed by atoms with Gasteiger partial charge in [-0.25, -0.2) is 4.79 Å². The average Bonchev–Trinajstić information content (AvgIpc) is 2.70. The van der Waals surface area contributed by atoms with Gasteiger partial charge in [-0.15, -0.1) is 0 Å². The Kier molecular flexibility index (Phi) is 6.12. The number of nitrogens with zero attached hydrogens (tertiary/aromatic N) is 3. The summed E-state index contributed by atoms with van der Waals surface area (Å²) in [5.41, 5.74) is 2.23. The van der Waals surface area contributed by atoms with Gasteiger partial charge in [0.1, 0.15) is 5.75 Å². The summed E-state index contributed by atoms with van der Waals surface area (Å²) in [6.07, 6.45) is 0. The van der Waals surface area contributed by atoms with Gasteiger partial charge in [0.15, 0.2) is 0 Å². The fraction of sp³-hybridized carbons (Fsp3) is 0.381. The minimum absolute atomic E-state index is 0.0806. The van der Waals surface area contributed by atoms with Crippen molar-refractivity contribution in [3.8, 4) is 5.75 Å². The van der Waals surface area contributed by atoms with Crippen LogP contribution in [0, 0.1) is 0 Å². The fourth-order valence-electron chi connectivity index (χ4n) is 3.30. The molecule has 0 aliphatic carbocycles. The summed E-state index contributed by atoms with van der Waals surface area (Å²) in [5, 5.41) is 0. The largest absolute Gasteiger partial charge is 0.497 e. The summed E-state index contributed by atoms with van der Waals surface area (Å²) >= 11 is 0. The van der Waals surface area contributed by atoms with Crippen LogP contribution in [-0.2, 0) is 6.54 Å². The summed E-state index contributed by atoms with van der Waals surface area (Å²) in [6, 6.07) is 18.2. The van der Waals surface area contributed by atoms with Crippen molar-refractivity contribution >= 4 is 11.7 Å². The summed E-state index contributed by atoms with van der Waals surface area (Å²) < 4.78 is 5.20. The third kappa shape index (κ3) is 4.35. The first-order valence-corrected chi connectivity index (χ1v) is 9.18. The van der Waals surface area contributed by atoms with Gasteiger partial charge in [0.05, 0.1) is 7.11 Å². The van der Waals surface area contributed by atoms with Gasteiger partial charge in [0, 0.05) is 45.0 Å². The van der Waals surface area contributed by atoms with Gasteiger partial charge in [-0.2, -0.15) is 0 Å². The van der Waals surface area contributed by atoms with Crippen molar-refractivity contribution in [1.29, 1.82) is 0 Å². The van der Waals surface area contributed by atoms with Crippen LogP contribution in [0.1, 0.15) is 12.5 Å². The molecule has 1 fully saturated rings. The highest BCUT2D eigenvalue weighted by Gasteiger charge is 2.25. The summed E-state index contributed by atoms with van der Waals surface area (Å²) in [4.78, 5) is 19.1. The predicted octanol–water partition coefficient (Wildman–Crippen LogP) is 3.46. The Morgan fingerprint density at radius 1 is 1.00 bits per heavy atom. The first kappa shape index (κ1) is 18.3. The molecule has 3 rings (SSSR count). The number of amides is 2. The van der Waals surface area contributed by atoms with Gasteiger partial charge >= 0.3 is 6.03 Å². The van der Waals surface area contributed by atoms with Crippen LogP contribution in [0.3, 0.4) is 0 Å². The van der Waals surface area contributed by atoms with Gasteiger partial charge in [0.25, 0.3) is 0 Å². The van der Waals surface area contributed by atoms with Crippen LogP contribution in [-0.4, -0.2) is 55.7 Å². The van der Waals surface area contributed by atoms with E-state index in [-0.39, 0.29) is 6.03 Å². The second-order valence-electron chi connectivity index (χ2n) is 6.47. The van der Waals surface area contributed by atoms with Crippen molar-refractivity contribution < 1.29 is 9.53 Å². The molecule has 2 aromatic rings. The maximum Gasteiger partial charge on any atom is 0.324 e. The third-order valence-corrected chi connectivity index (χ3v) is 4.82. The molecule has 1 saturated heterocycles. The smallest absolute Gasteiger partial charge is 0.324 e. The van der Waals surface area contributed by atoms with Crippen LogP contribution in [0.5, 0.6) is 5.75 Å². The quantitative estimate of drug-likeness (QED) is 0.826. The van der Waals surface area contributed by atoms with Crippen molar-refractivity contribution in [3.63, 3.8) is 0 Å². The lowest BCUT2D eigenvalue weighted by molar-refractivity contribution is 0.139. The van der Waals surface area contributed by atoms with Crippen LogP contribution in [0.25, 0.3) is 0 Å². The molecule has 1 aliphatic heterocycles. The number of ether oxygens (including phenoxy) is 1. The number of hydrogen-bond donors (Lipinski definition) is 0. The summed E-state index contributed by atoms with van der Waals surface area (Å²) in [5.74, 6) is 0.798. The van der Waals surface area contributed by atoms with Crippen LogP contribution in [0.15, 0.2) is 54.6 Å². The molecule has 1 heterocycles.